The summed E-state index contributed by atoms with van der Waals surface area (Å²) in [6.07, 6.45) is -7.77. The number of hydrogen-bond acceptors (Lipinski definition) is 23. The molecule has 0 bridgehead atoms. The summed E-state index contributed by atoms with van der Waals surface area (Å²) in [7, 11) is -3.10. The van der Waals surface area contributed by atoms with Crippen LogP contribution in [0.4, 0.5) is 26.0 Å². The van der Waals surface area contributed by atoms with E-state index in [1.54, 1.807) is 48.5 Å². The van der Waals surface area contributed by atoms with E-state index in [0.29, 0.717) is 42.2 Å². The van der Waals surface area contributed by atoms with E-state index in [-0.39, 0.29) is 63.4 Å². The van der Waals surface area contributed by atoms with Gasteiger partial charge in [0.15, 0.2) is 41.9 Å². The fraction of sp³-hybridized carbons (Fsp3) is 0.291. The van der Waals surface area contributed by atoms with E-state index in [0.717, 1.165) is 41.3 Å². The van der Waals surface area contributed by atoms with Gasteiger partial charge >= 0.3 is 12.8 Å². The first-order valence-corrected chi connectivity index (χ1v) is 32.4. The number of alkyl halides is 2. The molecule has 0 radical (unpaired) electrons. The number of para-hydroxylation sites is 1. The zero-order valence-corrected chi connectivity index (χ0v) is 48.4. The maximum atomic E-state index is 17.1. The lowest BCUT2D eigenvalue weighted by atomic mass is 9.96. The normalized spacial score (nSPS) is 26.5. The van der Waals surface area contributed by atoms with Crippen molar-refractivity contribution in [3.63, 3.8) is 0 Å². The van der Waals surface area contributed by atoms with Crippen LogP contribution in [0.5, 0.6) is 11.5 Å². The van der Waals surface area contributed by atoms with Gasteiger partial charge in [0.05, 0.1) is 67.3 Å². The van der Waals surface area contributed by atoms with Gasteiger partial charge in [-0.15, -0.1) is 5.53 Å². The van der Waals surface area contributed by atoms with Gasteiger partial charge in [-0.05, 0) is 71.0 Å². The summed E-state index contributed by atoms with van der Waals surface area (Å²) in [5.74, 6) is 0.0498. The van der Waals surface area contributed by atoms with Crippen LogP contribution in [0.3, 0.4) is 0 Å². The highest BCUT2D eigenvalue weighted by Gasteiger charge is 2.55. The van der Waals surface area contributed by atoms with Crippen LogP contribution in [0.25, 0.3) is 33.7 Å². The van der Waals surface area contributed by atoms with Crippen LogP contribution in [0, 0.1) is 0 Å². The number of hydrazine groups is 2. The number of nitrogens with one attached hydrogen (secondary N) is 2. The SMILES string of the molecule is B[P@@]1(=O)OC[C@H]2O[C@@H](n3cnc4c(N)ccnc43)[C@H](F)[C@@H]2O[P@@](=O)(SCc2ccc(OC(=O)c3ccc(OCCN4NNC5=C4c4ccccc4N(C(=O)CC)Cc4ccccc45)cc3)cc2)OC[C@H]2O[C@@H](n3cnc4c(N)ncnc43)[C@H](F)[C@@H]2O1. The lowest BCUT2D eigenvalue weighted by Crippen LogP contribution is -2.40. The van der Waals surface area contributed by atoms with Crippen LogP contribution in [-0.2, 0) is 53.8 Å². The Morgan fingerprint density at radius 3 is 2.19 bits per heavy atom. The molecule has 13 rings (SSSR count). The molecule has 0 spiro atoms. The molecular weight excluding hydrogens is 1180 g/mol. The molecule has 86 heavy (non-hydrogen) atoms. The molecule has 6 N–H and O–H groups in total. The Bertz CT molecular complexity index is 4040. The Balaban J connectivity index is 0.683. The van der Waals surface area contributed by atoms with Crippen LogP contribution < -0.4 is 36.8 Å². The predicted molar refractivity (Wildman–Crippen MR) is 313 cm³/mol. The van der Waals surface area contributed by atoms with E-state index in [9.17, 15) is 14.2 Å². The summed E-state index contributed by atoms with van der Waals surface area (Å²) in [4.78, 5) is 49.6. The number of esters is 1. The first kappa shape index (κ1) is 57.3. The van der Waals surface area contributed by atoms with Gasteiger partial charge in [-0.2, -0.15) is 0 Å². The van der Waals surface area contributed by atoms with Crippen molar-refractivity contribution < 1.29 is 64.5 Å². The number of pyridine rings is 1. The number of nitrogen functional groups attached to an aromatic ring is 2. The first-order valence-electron chi connectivity index (χ1n) is 27.2. The summed E-state index contributed by atoms with van der Waals surface area (Å²) in [5.41, 5.74) is 26.0. The highest BCUT2D eigenvalue weighted by Crippen LogP contribution is 2.65. The number of ether oxygens (including phenoxy) is 4. The molecule has 10 atom stereocenters. The Hall–Kier alpha value is -7.82. The van der Waals surface area contributed by atoms with E-state index in [1.807, 2.05) is 65.4 Å². The smallest absolute Gasteiger partial charge is 0.389 e. The molecule has 25 nitrogen and oxygen atoms in total. The van der Waals surface area contributed by atoms with Gasteiger partial charge in [0, 0.05) is 29.5 Å². The topological polar surface area (TPSA) is 299 Å². The Morgan fingerprint density at radius 1 is 0.779 bits per heavy atom. The summed E-state index contributed by atoms with van der Waals surface area (Å²) >= 11 is 0.693. The summed E-state index contributed by atoms with van der Waals surface area (Å²) in [6, 6.07) is 30.2. The average Bonchev–Trinajstić information content (AvgIpc) is 2.70. The Labute approximate surface area is 493 Å². The van der Waals surface area contributed by atoms with Crippen LogP contribution in [0.15, 0.2) is 128 Å². The van der Waals surface area contributed by atoms with Crippen molar-refractivity contribution in [3.05, 3.63) is 156 Å². The molecule has 1 amide bonds. The quantitative estimate of drug-likeness (QED) is 0.0406. The number of fused-ring (bicyclic) bond motifs is 8. The van der Waals surface area contributed by atoms with Crippen LogP contribution in [0.2, 0.25) is 0 Å². The van der Waals surface area contributed by atoms with Crippen molar-refractivity contribution >= 4 is 96.0 Å². The minimum atomic E-state index is -4.57. The van der Waals surface area contributed by atoms with Crippen molar-refractivity contribution in [2.45, 2.75) is 74.9 Å². The minimum absolute atomic E-state index is 0.0124. The second-order valence-corrected chi connectivity index (χ2v) is 26.6. The fourth-order valence-corrected chi connectivity index (χ4v) is 15.4. The molecule has 4 aromatic carbocycles. The maximum absolute atomic E-state index is 17.1. The van der Waals surface area contributed by atoms with Gasteiger partial charge < -0.3 is 49.8 Å². The van der Waals surface area contributed by atoms with Crippen molar-refractivity contribution in [2.75, 3.05) is 42.7 Å². The third kappa shape index (κ3) is 11.1. The number of amides is 1. The molecule has 8 aromatic rings. The van der Waals surface area contributed by atoms with E-state index in [1.165, 1.54) is 40.4 Å². The number of nitrogens with two attached hydrogens (primary N) is 2. The number of hydrogen-bond donors (Lipinski definition) is 4. The molecule has 0 aliphatic carbocycles. The van der Waals surface area contributed by atoms with Crippen molar-refractivity contribution in [1.29, 1.82) is 0 Å². The van der Waals surface area contributed by atoms with Crippen LogP contribution >= 0.6 is 25.7 Å². The zero-order valence-electron chi connectivity index (χ0n) is 45.8. The number of aromatic nitrogens is 7. The molecule has 5 aliphatic rings. The van der Waals surface area contributed by atoms with Gasteiger partial charge in [0.2, 0.25) is 5.91 Å². The van der Waals surface area contributed by atoms with Gasteiger partial charge in [0.25, 0.3) is 15.0 Å². The Morgan fingerprint density at radius 2 is 1.44 bits per heavy atom. The van der Waals surface area contributed by atoms with Crippen molar-refractivity contribution in [2.24, 2.45) is 0 Å². The van der Waals surface area contributed by atoms with Gasteiger partial charge in [0.1, 0.15) is 59.9 Å². The predicted octanol–water partition coefficient (Wildman–Crippen LogP) is 7.21. The van der Waals surface area contributed by atoms with Crippen molar-refractivity contribution in [1.82, 2.24) is 50.0 Å². The fourth-order valence-electron chi connectivity index (χ4n) is 10.8. The second-order valence-electron chi connectivity index (χ2n) is 20.6. The first-order chi connectivity index (χ1) is 41.6. The Kier molecular flexibility index (Phi) is 15.6. The lowest BCUT2D eigenvalue weighted by Gasteiger charge is -2.30. The van der Waals surface area contributed by atoms with E-state index >= 15 is 13.3 Å². The molecule has 0 unspecified atom stereocenters. The molecule has 3 saturated heterocycles. The minimum Gasteiger partial charge on any atom is -0.492 e. The number of carbonyl (C=O) groups excluding carboxylic acids is 2. The second kappa shape index (κ2) is 23.5. The molecule has 3 fully saturated rings. The molecular formula is C55H54BF2N13O12P2S. The van der Waals surface area contributed by atoms with Gasteiger partial charge in [-0.25, -0.2) is 43.1 Å². The lowest BCUT2D eigenvalue weighted by molar-refractivity contribution is -0.118. The summed E-state index contributed by atoms with van der Waals surface area (Å²) in [6.45, 7) is -2.94. The standard InChI is InChI=1S/C55H54BF2N13O12P2S/c1-2-41(72)68-23-32-7-3-4-8-35(32)44-47(36-9-5-6-10-38(36)68)71(67-66-44)21-22-76-33-17-13-31(14-18-33)55(73)79-34-15-11-30(12-16-34)26-86-85(75)78-25-40-48(42(57)53(81-40)70-29-65-46-50(60)62-27-63-52(46)70)82-84(56,74)77-24-39-49(83-85)43(58)54(80-39)69-28-64-45-37(59)19-20-61-51(45)69/h3-20,27-29,39-40,42-43,48-49,53-54,66-67H,2,21-26,56H2,1H3,(H2,59,61)(H2,60,62,63)/t39-,40-,42-,43-,48-,49-,53-,54-,84-,85+/m1/s1. The van der Waals surface area contributed by atoms with Crippen LogP contribution in [-0.4, -0.2) is 122 Å². The zero-order chi connectivity index (χ0) is 59.4. The monoisotopic (exact) mass is 1230 g/mol. The van der Waals surface area contributed by atoms with E-state index in [4.69, 9.17) is 48.5 Å². The van der Waals surface area contributed by atoms with E-state index < -0.39 is 82.7 Å². The largest absolute Gasteiger partial charge is 0.492 e. The van der Waals surface area contributed by atoms with Gasteiger partial charge in [-0.1, -0.05) is 61.5 Å². The molecule has 31 heteroatoms. The summed E-state index contributed by atoms with van der Waals surface area (Å²) < 4.78 is 114. The molecule has 4 aromatic heterocycles. The molecule has 5 aliphatic heterocycles. The number of rotatable bonds is 12. The summed E-state index contributed by atoms with van der Waals surface area (Å²) in [5, 5.41) is 1.95. The van der Waals surface area contributed by atoms with Gasteiger partial charge in [-0.3, -0.25) is 32.6 Å². The highest BCUT2D eigenvalue weighted by atomic mass is 32.7. The van der Waals surface area contributed by atoms with Crippen molar-refractivity contribution in [3.8, 4) is 11.5 Å². The number of nitrogens with zero attached hydrogens (tertiary/aromatic N) is 9. The molecule has 9 heterocycles. The van der Waals surface area contributed by atoms with Crippen LogP contribution in [0.1, 0.15) is 58.4 Å². The maximum Gasteiger partial charge on any atom is 0.389 e. The molecule has 0 saturated carbocycles. The third-order valence-corrected chi connectivity index (χ3v) is 20.0. The average molecular weight is 1230 g/mol. The number of imidazole rings is 2. The molecule has 444 valence electrons. The number of carbonyl (C=O) groups is 2. The highest BCUT2D eigenvalue weighted by molar-refractivity contribution is 8.54. The van der Waals surface area contributed by atoms with E-state index in [2.05, 4.69) is 35.9 Å². The number of benzene rings is 4. The number of anilines is 3. The third-order valence-electron chi connectivity index (χ3n) is 15.1. The number of halogens is 2.